The molecule has 0 aromatic heterocycles. The van der Waals surface area contributed by atoms with Crippen LogP contribution in [0.2, 0.25) is 0 Å². The summed E-state index contributed by atoms with van der Waals surface area (Å²) in [6.45, 7) is -0.729. The average molecular weight is 304 g/mol. The first-order valence-electron chi connectivity index (χ1n) is 7.88. The van der Waals surface area contributed by atoms with Gasteiger partial charge in [-0.15, -0.1) is 0 Å². The van der Waals surface area contributed by atoms with Gasteiger partial charge in [-0.2, -0.15) is 13.2 Å². The zero-order valence-electron chi connectivity index (χ0n) is 12.1. The molecule has 0 radical (unpaired) electrons. The molecular weight excluding hydrogens is 281 g/mol. The van der Waals surface area contributed by atoms with Crippen LogP contribution in [0.5, 0.6) is 0 Å². The van der Waals surface area contributed by atoms with Crippen molar-refractivity contribution in [2.24, 2.45) is 23.2 Å². The zero-order chi connectivity index (χ0) is 15.1. The molecule has 4 aliphatic carbocycles. The van der Waals surface area contributed by atoms with E-state index in [0.29, 0.717) is 6.54 Å². The minimum atomic E-state index is -4.26. The van der Waals surface area contributed by atoms with Gasteiger partial charge in [-0.1, -0.05) is 0 Å². The molecule has 0 heterocycles. The molecule has 4 saturated carbocycles. The number of halogens is 3. The molecule has 2 N–H and O–H groups in total. The van der Waals surface area contributed by atoms with Crippen LogP contribution in [0.1, 0.15) is 38.5 Å². The highest BCUT2D eigenvalue weighted by Gasteiger charge is 2.50. The smallest absolute Gasteiger partial charge is 0.354 e. The molecule has 0 unspecified atom stereocenters. The Morgan fingerprint density at radius 2 is 1.57 bits per heavy atom. The lowest BCUT2D eigenvalue weighted by Crippen LogP contribution is -2.52. The number of rotatable bonds is 5. The van der Waals surface area contributed by atoms with Gasteiger partial charge in [-0.05, 0) is 61.7 Å². The van der Waals surface area contributed by atoms with E-state index in [1.165, 1.54) is 38.5 Å². The van der Waals surface area contributed by atoms with Crippen molar-refractivity contribution >= 4 is 5.91 Å². The molecule has 4 rings (SSSR count). The maximum Gasteiger partial charge on any atom is 0.401 e. The van der Waals surface area contributed by atoms with E-state index in [0.717, 1.165) is 17.8 Å². The summed E-state index contributed by atoms with van der Waals surface area (Å²) in [5.74, 6) is 2.12. The minimum Gasteiger partial charge on any atom is -0.354 e. The van der Waals surface area contributed by atoms with E-state index in [-0.39, 0.29) is 17.9 Å². The summed E-state index contributed by atoms with van der Waals surface area (Å²) in [5.41, 5.74) is 0.231. The molecule has 0 aromatic carbocycles. The fraction of sp³-hybridized carbons (Fsp3) is 0.933. The molecule has 1 amide bonds. The van der Waals surface area contributed by atoms with Crippen molar-refractivity contribution in [3.63, 3.8) is 0 Å². The predicted molar refractivity (Wildman–Crippen MR) is 72.5 cm³/mol. The Kier molecular flexibility index (Phi) is 3.93. The second-order valence-electron chi connectivity index (χ2n) is 7.41. The molecule has 3 nitrogen and oxygen atoms in total. The molecule has 0 saturated heterocycles. The third-order valence-corrected chi connectivity index (χ3v) is 5.44. The lowest BCUT2D eigenvalue weighted by Gasteiger charge is -2.56. The van der Waals surface area contributed by atoms with Gasteiger partial charge in [-0.25, -0.2) is 0 Å². The Bertz CT molecular complexity index is 373. The highest BCUT2D eigenvalue weighted by molar-refractivity contribution is 5.78. The minimum absolute atomic E-state index is 0.231. The third kappa shape index (κ3) is 3.71. The van der Waals surface area contributed by atoms with E-state index in [1.807, 2.05) is 0 Å². The lowest BCUT2D eigenvalue weighted by atomic mass is 9.49. The van der Waals surface area contributed by atoms with Crippen LogP contribution in [0.3, 0.4) is 0 Å². The number of amides is 1. The van der Waals surface area contributed by atoms with Crippen LogP contribution >= 0.6 is 0 Å². The molecule has 6 heteroatoms. The predicted octanol–water partition coefficient (Wildman–Crippen LogP) is 2.47. The summed E-state index contributed by atoms with van der Waals surface area (Å²) in [5, 5.41) is 5.00. The summed E-state index contributed by atoms with van der Waals surface area (Å²) >= 11 is 0. The van der Waals surface area contributed by atoms with Crippen molar-refractivity contribution in [3.05, 3.63) is 0 Å². The van der Waals surface area contributed by atoms with Gasteiger partial charge in [0.2, 0.25) is 5.91 Å². The second-order valence-corrected chi connectivity index (χ2v) is 7.41. The van der Waals surface area contributed by atoms with Crippen LogP contribution in [0.15, 0.2) is 0 Å². The van der Waals surface area contributed by atoms with E-state index in [2.05, 4.69) is 10.6 Å². The average Bonchev–Trinajstić information content (AvgIpc) is 2.33. The number of nitrogens with one attached hydrogen (secondary N) is 2. The van der Waals surface area contributed by atoms with Gasteiger partial charge in [0.1, 0.15) is 0 Å². The van der Waals surface area contributed by atoms with Crippen LogP contribution in [0, 0.1) is 23.2 Å². The topological polar surface area (TPSA) is 41.1 Å². The summed E-state index contributed by atoms with van der Waals surface area (Å²) in [7, 11) is 0. The largest absolute Gasteiger partial charge is 0.401 e. The van der Waals surface area contributed by atoms with Crippen molar-refractivity contribution in [1.29, 1.82) is 0 Å². The molecule has 4 fully saturated rings. The Balaban J connectivity index is 1.44. The first kappa shape index (κ1) is 15.1. The molecule has 4 bridgehead atoms. The Hall–Kier alpha value is -0.780. The standard InChI is InChI=1S/C15H23F3N2O/c16-15(17,18)9-19-7-13(21)20-8-14-4-10-1-11(5-14)3-12(2-10)6-14/h10-12,19H,1-9H2,(H,20,21). The van der Waals surface area contributed by atoms with Crippen LogP contribution in [-0.4, -0.2) is 31.7 Å². The van der Waals surface area contributed by atoms with Gasteiger partial charge in [0.05, 0.1) is 13.1 Å². The SMILES string of the molecule is O=C(CNCC(F)(F)F)NCC12CC3CC(CC(C3)C1)C2. The first-order chi connectivity index (χ1) is 9.84. The maximum absolute atomic E-state index is 12.0. The van der Waals surface area contributed by atoms with E-state index in [9.17, 15) is 18.0 Å². The van der Waals surface area contributed by atoms with Crippen molar-refractivity contribution in [1.82, 2.24) is 10.6 Å². The van der Waals surface area contributed by atoms with Crippen molar-refractivity contribution in [3.8, 4) is 0 Å². The number of alkyl halides is 3. The lowest BCUT2D eigenvalue weighted by molar-refractivity contribution is -0.129. The van der Waals surface area contributed by atoms with Gasteiger partial charge in [0.15, 0.2) is 0 Å². The number of hydrogen-bond acceptors (Lipinski definition) is 2. The summed E-state index contributed by atoms with van der Waals surface area (Å²) in [6.07, 6.45) is 3.35. The summed E-state index contributed by atoms with van der Waals surface area (Å²) in [6, 6.07) is 0. The third-order valence-electron chi connectivity index (χ3n) is 5.44. The van der Waals surface area contributed by atoms with E-state index in [1.54, 1.807) is 0 Å². The molecule has 0 aliphatic heterocycles. The van der Waals surface area contributed by atoms with Gasteiger partial charge in [-0.3, -0.25) is 4.79 Å². The van der Waals surface area contributed by atoms with Gasteiger partial charge >= 0.3 is 6.18 Å². The molecule has 4 aliphatic rings. The van der Waals surface area contributed by atoms with Crippen molar-refractivity contribution in [2.75, 3.05) is 19.6 Å². The quantitative estimate of drug-likeness (QED) is 0.819. The van der Waals surface area contributed by atoms with Gasteiger partial charge < -0.3 is 10.6 Å². The Morgan fingerprint density at radius 3 is 2.05 bits per heavy atom. The molecule has 0 aromatic rings. The number of carbonyl (C=O) groups excluding carboxylic acids is 1. The first-order valence-corrected chi connectivity index (χ1v) is 7.88. The van der Waals surface area contributed by atoms with Crippen LogP contribution in [0.25, 0.3) is 0 Å². The van der Waals surface area contributed by atoms with Gasteiger partial charge in [0.25, 0.3) is 0 Å². The zero-order valence-corrected chi connectivity index (χ0v) is 12.1. The monoisotopic (exact) mass is 304 g/mol. The number of hydrogen-bond donors (Lipinski definition) is 2. The fourth-order valence-corrected chi connectivity index (χ4v) is 5.17. The Labute approximate surface area is 123 Å². The molecule has 0 spiro atoms. The molecule has 21 heavy (non-hydrogen) atoms. The fourth-order valence-electron chi connectivity index (χ4n) is 5.17. The van der Waals surface area contributed by atoms with Crippen LogP contribution in [0.4, 0.5) is 13.2 Å². The Morgan fingerprint density at radius 1 is 1.05 bits per heavy atom. The summed E-state index contributed by atoms with van der Waals surface area (Å²) < 4.78 is 36.0. The number of carbonyl (C=O) groups is 1. The highest BCUT2D eigenvalue weighted by atomic mass is 19.4. The van der Waals surface area contributed by atoms with Crippen molar-refractivity contribution < 1.29 is 18.0 Å². The van der Waals surface area contributed by atoms with E-state index >= 15 is 0 Å². The highest BCUT2D eigenvalue weighted by Crippen LogP contribution is 2.59. The van der Waals surface area contributed by atoms with E-state index in [4.69, 9.17) is 0 Å². The maximum atomic E-state index is 12.0. The summed E-state index contributed by atoms with van der Waals surface area (Å²) in [4.78, 5) is 11.7. The second kappa shape index (κ2) is 5.45. The van der Waals surface area contributed by atoms with E-state index < -0.39 is 12.7 Å². The van der Waals surface area contributed by atoms with Gasteiger partial charge in [0, 0.05) is 6.54 Å². The molecule has 120 valence electrons. The van der Waals surface area contributed by atoms with Crippen LogP contribution in [-0.2, 0) is 4.79 Å². The molecular formula is C15H23F3N2O. The van der Waals surface area contributed by atoms with Crippen LogP contribution < -0.4 is 10.6 Å². The molecule has 0 atom stereocenters. The normalized spacial score (nSPS) is 37.8. The van der Waals surface area contributed by atoms with Crippen molar-refractivity contribution in [2.45, 2.75) is 44.7 Å².